The van der Waals surface area contributed by atoms with Gasteiger partial charge in [0.05, 0.1) is 0 Å². The smallest absolute Gasteiger partial charge is 0.306 e. The zero-order chi connectivity index (χ0) is 16.1. The van der Waals surface area contributed by atoms with E-state index in [0.29, 0.717) is 5.56 Å². The Kier molecular flexibility index (Phi) is 3.90. The molecule has 0 radical (unpaired) electrons. The number of alkyl halides is 3. The Bertz CT molecular complexity index is 529. The first-order valence-electron chi connectivity index (χ1n) is 7.38. The highest BCUT2D eigenvalue weighted by atomic mass is 19.4. The average Bonchev–Trinajstić information content (AvgIpc) is 2.34. The second-order valence-electron chi connectivity index (χ2n) is 7.34. The number of hydrogen-bond acceptors (Lipinski definition) is 1. The second kappa shape index (κ2) is 5.01. The van der Waals surface area contributed by atoms with Crippen LogP contribution in [-0.4, -0.2) is 13.2 Å². The van der Waals surface area contributed by atoms with Crippen molar-refractivity contribution in [3.63, 3.8) is 0 Å². The molecule has 1 aromatic rings. The van der Waals surface area contributed by atoms with Gasteiger partial charge in [0.25, 0.3) is 0 Å². The molecule has 0 heterocycles. The topological polar surface area (TPSA) is 12.0 Å². The maximum atomic E-state index is 13.1. The first kappa shape index (κ1) is 16.3. The number of rotatable bonds is 2. The molecule has 4 heteroatoms. The average molecular weight is 299 g/mol. The van der Waals surface area contributed by atoms with Gasteiger partial charge in [-0.2, -0.15) is 13.2 Å². The highest BCUT2D eigenvalue weighted by Gasteiger charge is 2.42. The fourth-order valence-corrected chi connectivity index (χ4v) is 3.31. The van der Waals surface area contributed by atoms with Gasteiger partial charge in [0.15, 0.2) is 0 Å². The van der Waals surface area contributed by atoms with Crippen LogP contribution in [-0.2, 0) is 10.8 Å². The third-order valence-electron chi connectivity index (χ3n) is 4.83. The van der Waals surface area contributed by atoms with E-state index in [1.54, 1.807) is 12.1 Å². The van der Waals surface area contributed by atoms with Crippen LogP contribution in [0.4, 0.5) is 13.2 Å². The first-order chi connectivity index (χ1) is 9.49. The maximum Gasteiger partial charge on any atom is 0.407 e. The SMILES string of the molecule is CNC(c1ccc2c(c1)C(C)(C)CCC2(C)C)C(F)(F)F. The quantitative estimate of drug-likeness (QED) is 0.822. The highest BCUT2D eigenvalue weighted by molar-refractivity contribution is 5.44. The van der Waals surface area contributed by atoms with E-state index in [4.69, 9.17) is 0 Å². The summed E-state index contributed by atoms with van der Waals surface area (Å²) < 4.78 is 39.4. The summed E-state index contributed by atoms with van der Waals surface area (Å²) in [5.41, 5.74) is 2.48. The second-order valence-corrected chi connectivity index (χ2v) is 7.34. The van der Waals surface area contributed by atoms with Gasteiger partial charge in [-0.05, 0) is 47.4 Å². The fraction of sp³-hybridized carbons (Fsp3) is 0.647. The van der Waals surface area contributed by atoms with E-state index in [1.165, 1.54) is 12.6 Å². The van der Waals surface area contributed by atoms with Gasteiger partial charge >= 0.3 is 6.18 Å². The summed E-state index contributed by atoms with van der Waals surface area (Å²) in [6.45, 7) is 8.57. The fourth-order valence-electron chi connectivity index (χ4n) is 3.31. The predicted octanol–water partition coefficient (Wildman–Crippen LogP) is 4.86. The van der Waals surface area contributed by atoms with E-state index in [0.717, 1.165) is 18.4 Å². The zero-order valence-electron chi connectivity index (χ0n) is 13.4. The van der Waals surface area contributed by atoms with Crippen LogP contribution in [0.5, 0.6) is 0 Å². The normalized spacial score (nSPS) is 21.7. The molecule has 0 aromatic heterocycles. The molecular formula is C17H24F3N. The summed E-state index contributed by atoms with van der Waals surface area (Å²) in [7, 11) is 1.35. The number of nitrogens with one attached hydrogen (secondary N) is 1. The van der Waals surface area contributed by atoms with Crippen LogP contribution in [0.25, 0.3) is 0 Å². The molecule has 21 heavy (non-hydrogen) atoms. The molecule has 0 bridgehead atoms. The van der Waals surface area contributed by atoms with Crippen molar-refractivity contribution in [2.45, 2.75) is 63.6 Å². The molecule has 0 saturated carbocycles. The van der Waals surface area contributed by atoms with Gasteiger partial charge in [0.1, 0.15) is 6.04 Å². The van der Waals surface area contributed by atoms with Crippen molar-refractivity contribution in [2.24, 2.45) is 0 Å². The van der Waals surface area contributed by atoms with Crippen LogP contribution >= 0.6 is 0 Å². The summed E-state index contributed by atoms with van der Waals surface area (Å²) in [4.78, 5) is 0. The third-order valence-corrected chi connectivity index (χ3v) is 4.83. The van der Waals surface area contributed by atoms with Crippen LogP contribution < -0.4 is 5.32 Å². The lowest BCUT2D eigenvalue weighted by Gasteiger charge is -2.42. The lowest BCUT2D eigenvalue weighted by Crippen LogP contribution is -2.35. The molecule has 1 aliphatic rings. The monoisotopic (exact) mass is 299 g/mol. The summed E-state index contributed by atoms with van der Waals surface area (Å²) >= 11 is 0. The summed E-state index contributed by atoms with van der Waals surface area (Å²) in [5, 5.41) is 2.39. The minimum absolute atomic E-state index is 0.0246. The Morgan fingerprint density at radius 1 is 1.00 bits per heavy atom. The van der Waals surface area contributed by atoms with E-state index in [1.807, 2.05) is 6.07 Å². The molecule has 0 spiro atoms. The number of hydrogen-bond donors (Lipinski definition) is 1. The Morgan fingerprint density at radius 3 is 2.00 bits per heavy atom. The van der Waals surface area contributed by atoms with Gasteiger partial charge in [-0.25, -0.2) is 0 Å². The first-order valence-corrected chi connectivity index (χ1v) is 7.38. The maximum absolute atomic E-state index is 13.1. The van der Waals surface area contributed by atoms with Gasteiger partial charge in [0.2, 0.25) is 0 Å². The van der Waals surface area contributed by atoms with Crippen molar-refractivity contribution >= 4 is 0 Å². The summed E-state index contributed by atoms with van der Waals surface area (Å²) in [6, 6.07) is 3.66. The Morgan fingerprint density at radius 2 is 1.52 bits per heavy atom. The van der Waals surface area contributed by atoms with Crippen molar-refractivity contribution in [2.75, 3.05) is 7.05 Å². The van der Waals surface area contributed by atoms with Gasteiger partial charge in [0, 0.05) is 0 Å². The van der Waals surface area contributed by atoms with Gasteiger partial charge in [-0.3, -0.25) is 0 Å². The van der Waals surface area contributed by atoms with Crippen molar-refractivity contribution in [3.8, 4) is 0 Å². The van der Waals surface area contributed by atoms with Crippen LogP contribution in [0.1, 0.15) is 63.3 Å². The van der Waals surface area contributed by atoms with E-state index < -0.39 is 12.2 Å². The molecule has 1 aromatic carbocycles. The predicted molar refractivity (Wildman–Crippen MR) is 79.6 cm³/mol. The molecule has 0 fully saturated rings. The standard InChI is InChI=1S/C17H24F3N/c1-15(2)8-9-16(3,4)13-10-11(6-7-12(13)15)14(21-5)17(18,19)20/h6-7,10,14,21H,8-9H2,1-5H3. The Hall–Kier alpha value is -1.03. The largest absolute Gasteiger partial charge is 0.407 e. The Labute approximate surface area is 124 Å². The van der Waals surface area contributed by atoms with Gasteiger partial charge < -0.3 is 5.32 Å². The van der Waals surface area contributed by atoms with Gasteiger partial charge in [-0.15, -0.1) is 0 Å². The van der Waals surface area contributed by atoms with Crippen molar-refractivity contribution in [3.05, 3.63) is 34.9 Å². The molecule has 1 unspecified atom stereocenters. The molecule has 0 saturated heterocycles. The Balaban J connectivity index is 2.56. The minimum Gasteiger partial charge on any atom is -0.306 e. The van der Waals surface area contributed by atoms with Crippen molar-refractivity contribution < 1.29 is 13.2 Å². The van der Waals surface area contributed by atoms with Crippen molar-refractivity contribution in [1.29, 1.82) is 0 Å². The highest BCUT2D eigenvalue weighted by Crippen LogP contribution is 2.47. The molecule has 2 rings (SSSR count). The molecular weight excluding hydrogens is 275 g/mol. The molecule has 1 N–H and O–H groups in total. The lowest BCUT2D eigenvalue weighted by atomic mass is 9.63. The molecule has 0 aliphatic heterocycles. The summed E-state index contributed by atoms with van der Waals surface area (Å²) in [5.74, 6) is 0. The summed E-state index contributed by atoms with van der Waals surface area (Å²) in [6.07, 6.45) is -2.23. The zero-order valence-corrected chi connectivity index (χ0v) is 13.4. The van der Waals surface area contributed by atoms with Gasteiger partial charge in [-0.1, -0.05) is 45.9 Å². The van der Waals surface area contributed by atoms with Crippen LogP contribution in [0.15, 0.2) is 18.2 Å². The van der Waals surface area contributed by atoms with E-state index in [9.17, 15) is 13.2 Å². The molecule has 1 aliphatic carbocycles. The van der Waals surface area contributed by atoms with Crippen molar-refractivity contribution in [1.82, 2.24) is 5.32 Å². The van der Waals surface area contributed by atoms with E-state index in [2.05, 4.69) is 33.0 Å². The minimum atomic E-state index is -4.28. The van der Waals surface area contributed by atoms with Crippen LogP contribution in [0, 0.1) is 0 Å². The molecule has 118 valence electrons. The number of halogens is 3. The van der Waals surface area contributed by atoms with Crippen LogP contribution in [0.3, 0.4) is 0 Å². The number of benzene rings is 1. The van der Waals surface area contributed by atoms with E-state index in [-0.39, 0.29) is 10.8 Å². The third kappa shape index (κ3) is 2.96. The van der Waals surface area contributed by atoms with E-state index >= 15 is 0 Å². The molecule has 1 atom stereocenters. The lowest BCUT2D eigenvalue weighted by molar-refractivity contribution is -0.156. The molecule has 0 amide bonds. The van der Waals surface area contributed by atoms with Crippen LogP contribution in [0.2, 0.25) is 0 Å². The molecule has 1 nitrogen and oxygen atoms in total. The number of fused-ring (bicyclic) bond motifs is 1.